The highest BCUT2D eigenvalue weighted by molar-refractivity contribution is 5.99. The normalized spacial score (nSPS) is 37.6. The Labute approximate surface area is 170 Å². The Hall–Kier alpha value is -2.09. The van der Waals surface area contributed by atoms with E-state index in [0.717, 1.165) is 5.56 Å². The minimum absolute atomic E-state index is 0.0951. The molecule has 2 fully saturated rings. The number of ketones is 1. The van der Waals surface area contributed by atoms with Gasteiger partial charge < -0.3 is 28.8 Å². The first-order chi connectivity index (χ1) is 13.9. The van der Waals surface area contributed by atoms with Gasteiger partial charge in [0.25, 0.3) is 0 Å². The van der Waals surface area contributed by atoms with E-state index in [0.29, 0.717) is 30.1 Å². The largest absolute Gasteiger partial charge is 0.493 e. The summed E-state index contributed by atoms with van der Waals surface area (Å²) in [5.41, 5.74) is -1.36. The molecule has 0 amide bonds. The molecule has 1 aromatic rings. The molecule has 0 aromatic heterocycles. The van der Waals surface area contributed by atoms with Crippen LogP contribution in [0.4, 0.5) is 0 Å². The van der Waals surface area contributed by atoms with Crippen molar-refractivity contribution in [2.75, 3.05) is 28.1 Å². The van der Waals surface area contributed by atoms with Crippen LogP contribution in [-0.2, 0) is 14.3 Å². The highest BCUT2D eigenvalue weighted by atomic mass is 16.7. The van der Waals surface area contributed by atoms with Crippen LogP contribution < -0.4 is 14.2 Å². The Morgan fingerprint density at radius 2 is 2.07 bits per heavy atom. The average Bonchev–Trinajstić information content (AvgIpc) is 3.24. The lowest BCUT2D eigenvalue weighted by Gasteiger charge is -2.45. The van der Waals surface area contributed by atoms with Crippen LogP contribution in [0.1, 0.15) is 31.2 Å². The molecular formula is C22H28O7. The highest BCUT2D eigenvalue weighted by Crippen LogP contribution is 2.64. The predicted molar refractivity (Wildman–Crippen MR) is 104 cm³/mol. The first-order valence-electron chi connectivity index (χ1n) is 9.80. The molecule has 158 valence electrons. The minimum atomic E-state index is -1.43. The molecule has 7 nitrogen and oxygen atoms in total. The molecule has 4 rings (SSSR count). The topological polar surface area (TPSA) is 83.5 Å². The summed E-state index contributed by atoms with van der Waals surface area (Å²) >= 11 is 0. The highest BCUT2D eigenvalue weighted by Gasteiger charge is 2.74. The van der Waals surface area contributed by atoms with E-state index in [-0.39, 0.29) is 18.5 Å². The smallest absolute Gasteiger partial charge is 0.231 e. The molecule has 1 aromatic carbocycles. The number of allylic oxidation sites excluding steroid dienone is 1. The van der Waals surface area contributed by atoms with Crippen LogP contribution >= 0.6 is 0 Å². The Morgan fingerprint density at radius 3 is 2.69 bits per heavy atom. The zero-order valence-corrected chi connectivity index (χ0v) is 17.3. The number of rotatable bonds is 6. The van der Waals surface area contributed by atoms with E-state index in [4.69, 9.17) is 23.7 Å². The first-order valence-corrected chi connectivity index (χ1v) is 9.80. The van der Waals surface area contributed by atoms with Crippen LogP contribution in [0.2, 0.25) is 0 Å². The summed E-state index contributed by atoms with van der Waals surface area (Å²) < 4.78 is 28.1. The molecule has 1 heterocycles. The minimum Gasteiger partial charge on any atom is -0.493 e. The van der Waals surface area contributed by atoms with Crippen LogP contribution in [0.15, 0.2) is 24.8 Å². The summed E-state index contributed by atoms with van der Waals surface area (Å²) in [6.07, 6.45) is 1.05. The second-order valence-corrected chi connectivity index (χ2v) is 8.12. The van der Waals surface area contributed by atoms with Crippen molar-refractivity contribution in [3.63, 3.8) is 0 Å². The average molecular weight is 404 g/mol. The van der Waals surface area contributed by atoms with Crippen molar-refractivity contribution in [2.24, 2.45) is 11.3 Å². The number of benzene rings is 1. The van der Waals surface area contributed by atoms with Crippen LogP contribution in [0.25, 0.3) is 0 Å². The van der Waals surface area contributed by atoms with Crippen molar-refractivity contribution in [1.82, 2.24) is 0 Å². The molecule has 0 saturated heterocycles. The fourth-order valence-electron chi connectivity index (χ4n) is 5.81. The van der Waals surface area contributed by atoms with E-state index < -0.39 is 29.1 Å². The molecule has 6 atom stereocenters. The van der Waals surface area contributed by atoms with Crippen LogP contribution in [-0.4, -0.2) is 56.8 Å². The lowest BCUT2D eigenvalue weighted by atomic mass is 9.66. The summed E-state index contributed by atoms with van der Waals surface area (Å²) in [5.74, 6) is 0.979. The van der Waals surface area contributed by atoms with Gasteiger partial charge in [-0.05, 0) is 36.5 Å². The van der Waals surface area contributed by atoms with Gasteiger partial charge in [0.15, 0.2) is 22.9 Å². The van der Waals surface area contributed by atoms with Gasteiger partial charge in [0.1, 0.15) is 6.10 Å². The lowest BCUT2D eigenvalue weighted by Crippen LogP contribution is -2.62. The van der Waals surface area contributed by atoms with Crippen LogP contribution in [0, 0.1) is 11.3 Å². The summed E-state index contributed by atoms with van der Waals surface area (Å²) in [6, 6.07) is 3.70. The van der Waals surface area contributed by atoms with Crippen LogP contribution in [0.5, 0.6) is 17.2 Å². The second-order valence-electron chi connectivity index (χ2n) is 8.12. The first kappa shape index (κ1) is 20.2. The number of ether oxygens (including phenoxy) is 5. The number of aliphatic hydroxyl groups is 1. The lowest BCUT2D eigenvalue weighted by molar-refractivity contribution is -0.190. The quantitative estimate of drug-likeness (QED) is 0.729. The van der Waals surface area contributed by atoms with E-state index in [2.05, 4.69) is 6.58 Å². The molecular weight excluding hydrogens is 376 g/mol. The fraction of sp³-hybridized carbons (Fsp3) is 0.591. The molecule has 3 aliphatic rings. The van der Waals surface area contributed by atoms with Gasteiger partial charge in [-0.15, -0.1) is 6.58 Å². The van der Waals surface area contributed by atoms with Gasteiger partial charge in [-0.25, -0.2) is 0 Å². The molecule has 0 radical (unpaired) electrons. The number of aliphatic hydroxyl groups excluding tert-OH is 1. The van der Waals surface area contributed by atoms with Crippen molar-refractivity contribution in [3.8, 4) is 17.2 Å². The zero-order valence-electron chi connectivity index (χ0n) is 17.3. The third kappa shape index (κ3) is 2.44. The van der Waals surface area contributed by atoms with Crippen molar-refractivity contribution < 1.29 is 33.6 Å². The van der Waals surface area contributed by atoms with E-state index >= 15 is 0 Å². The van der Waals surface area contributed by atoms with Gasteiger partial charge in [0.2, 0.25) is 12.5 Å². The molecule has 1 aliphatic heterocycles. The summed E-state index contributed by atoms with van der Waals surface area (Å²) in [7, 11) is 4.59. The Kier molecular flexibility index (Phi) is 4.88. The maximum Gasteiger partial charge on any atom is 0.231 e. The van der Waals surface area contributed by atoms with Gasteiger partial charge in [-0.2, -0.15) is 0 Å². The van der Waals surface area contributed by atoms with Gasteiger partial charge in [0, 0.05) is 25.6 Å². The maximum absolute atomic E-state index is 13.8. The number of carbonyl (C=O) groups excluding carboxylic acids is 1. The third-order valence-corrected chi connectivity index (χ3v) is 7.19. The predicted octanol–water partition coefficient (Wildman–Crippen LogP) is 2.45. The van der Waals surface area contributed by atoms with Crippen LogP contribution in [0.3, 0.4) is 0 Å². The Balaban J connectivity index is 1.94. The molecule has 29 heavy (non-hydrogen) atoms. The van der Waals surface area contributed by atoms with E-state index in [1.807, 2.05) is 19.1 Å². The van der Waals surface area contributed by atoms with Crippen molar-refractivity contribution in [1.29, 1.82) is 0 Å². The summed E-state index contributed by atoms with van der Waals surface area (Å²) in [5, 5.41) is 11.2. The standard InChI is InChI=1S/C22H28O7/c1-6-7-21-10-16(26-4)19(23)22(27-5,20(21)24)17(12(21)2)13-8-14(25-3)18-15(9-13)28-11-29-18/h6,8-9,12,16-17,19,23H,1,7,10-11H2,2-5H3/t12-,16+,17+,19+,21-,22+/m0/s1. The number of methoxy groups -OCH3 is 3. The summed E-state index contributed by atoms with van der Waals surface area (Å²) in [4.78, 5) is 13.8. The van der Waals surface area contributed by atoms with Crippen molar-refractivity contribution in [3.05, 3.63) is 30.4 Å². The fourth-order valence-corrected chi connectivity index (χ4v) is 5.81. The number of Topliss-reactive ketones (excluding diaryl/α,β-unsaturated/α-hetero) is 1. The number of fused-ring (bicyclic) bond motifs is 3. The SMILES string of the molecule is C=CC[C@@]12C[C@@H](OC)[C@@H](O)[C@@](OC)(C1=O)[C@@H](c1cc(OC)c3c(c1)OCO3)[C@@H]2C. The Morgan fingerprint density at radius 1 is 1.31 bits per heavy atom. The molecule has 2 aliphatic carbocycles. The van der Waals surface area contributed by atoms with Gasteiger partial charge in [-0.3, -0.25) is 4.79 Å². The van der Waals surface area contributed by atoms with E-state index in [9.17, 15) is 9.90 Å². The second kappa shape index (κ2) is 7.00. The van der Waals surface area contributed by atoms with Crippen molar-refractivity contribution >= 4 is 5.78 Å². The Bertz CT molecular complexity index is 837. The van der Waals surface area contributed by atoms with E-state index in [1.54, 1.807) is 20.3 Å². The van der Waals surface area contributed by atoms with Gasteiger partial charge in [0.05, 0.1) is 13.2 Å². The van der Waals surface area contributed by atoms with E-state index in [1.165, 1.54) is 7.11 Å². The summed E-state index contributed by atoms with van der Waals surface area (Å²) in [6.45, 7) is 6.02. The molecule has 0 spiro atoms. The molecule has 1 N–H and O–H groups in total. The number of hydrogen-bond donors (Lipinski definition) is 1. The number of carbonyl (C=O) groups is 1. The molecule has 7 heteroatoms. The molecule has 2 bridgehead atoms. The van der Waals surface area contributed by atoms with Gasteiger partial charge in [-0.1, -0.05) is 13.0 Å². The monoisotopic (exact) mass is 404 g/mol. The van der Waals surface area contributed by atoms with Gasteiger partial charge >= 0.3 is 0 Å². The maximum atomic E-state index is 13.8. The number of hydrogen-bond acceptors (Lipinski definition) is 7. The van der Waals surface area contributed by atoms with Crippen molar-refractivity contribution in [2.45, 2.75) is 43.5 Å². The third-order valence-electron chi connectivity index (χ3n) is 7.19. The zero-order chi connectivity index (χ0) is 21.0. The molecule has 0 unspecified atom stereocenters. The molecule has 2 saturated carbocycles.